The van der Waals surface area contributed by atoms with Crippen molar-refractivity contribution in [3.63, 3.8) is 0 Å². The van der Waals surface area contributed by atoms with E-state index in [2.05, 4.69) is 25.0 Å². The molecule has 0 spiro atoms. The number of hydrogen-bond donors (Lipinski definition) is 3. The minimum atomic E-state index is -3.50. The number of benzene rings is 1. The molecule has 2 heterocycles. The second-order valence-corrected chi connectivity index (χ2v) is 9.40. The first-order valence-corrected chi connectivity index (χ1v) is 11.1. The van der Waals surface area contributed by atoms with Gasteiger partial charge in [0.2, 0.25) is 16.0 Å². The van der Waals surface area contributed by atoms with E-state index in [4.69, 9.17) is 11.6 Å². The molecule has 0 aliphatic rings. The van der Waals surface area contributed by atoms with E-state index < -0.39 is 16.1 Å². The predicted molar refractivity (Wildman–Crippen MR) is 116 cm³/mol. The highest BCUT2D eigenvalue weighted by atomic mass is 35.5. The monoisotopic (exact) mass is 435 g/mol. The number of fused-ring (bicyclic) bond motifs is 1. The van der Waals surface area contributed by atoms with Gasteiger partial charge in [-0.3, -0.25) is 9.52 Å². The molecule has 8 nitrogen and oxygen atoms in total. The van der Waals surface area contributed by atoms with Crippen LogP contribution in [0.2, 0.25) is 5.02 Å². The summed E-state index contributed by atoms with van der Waals surface area (Å²) in [4.78, 5) is 23.6. The Labute approximate surface area is 173 Å². The zero-order valence-electron chi connectivity index (χ0n) is 16.2. The van der Waals surface area contributed by atoms with Crippen LogP contribution in [0.15, 0.2) is 41.3 Å². The van der Waals surface area contributed by atoms with Crippen LogP contribution in [-0.2, 0) is 10.0 Å². The summed E-state index contributed by atoms with van der Waals surface area (Å²) in [6.07, 6.45) is 1.44. The highest BCUT2D eigenvalue weighted by molar-refractivity contribution is 7.92. The first kappa shape index (κ1) is 21.1. The number of rotatable bonds is 7. The van der Waals surface area contributed by atoms with Gasteiger partial charge >= 0.3 is 0 Å². The van der Waals surface area contributed by atoms with Crippen LogP contribution in [0.25, 0.3) is 10.9 Å². The summed E-state index contributed by atoms with van der Waals surface area (Å²) in [5.74, 6) is 0.341. The Morgan fingerprint density at radius 1 is 1.17 bits per heavy atom. The van der Waals surface area contributed by atoms with Gasteiger partial charge in [-0.25, -0.2) is 13.4 Å². The Bertz CT molecular complexity index is 1190. The first-order valence-electron chi connectivity index (χ1n) is 9.05. The highest BCUT2D eigenvalue weighted by Gasteiger charge is 2.16. The van der Waals surface area contributed by atoms with E-state index in [0.29, 0.717) is 16.1 Å². The van der Waals surface area contributed by atoms with Gasteiger partial charge in [0.15, 0.2) is 0 Å². The smallest absolute Gasteiger partial charge is 0.253 e. The SMILES string of the molecule is CC(C)CS(=O)(=O)Nc1ccnc(NC(C)c2cc3cc(Cl)ccc3[nH]c2=O)n1. The third-order valence-corrected chi connectivity index (χ3v) is 5.98. The highest BCUT2D eigenvalue weighted by Crippen LogP contribution is 2.21. The predicted octanol–water partition coefficient (Wildman–Crippen LogP) is 3.54. The van der Waals surface area contributed by atoms with Crippen molar-refractivity contribution in [3.8, 4) is 0 Å². The first-order chi connectivity index (χ1) is 13.6. The van der Waals surface area contributed by atoms with Gasteiger partial charge in [-0.1, -0.05) is 25.4 Å². The maximum atomic E-state index is 12.4. The van der Waals surface area contributed by atoms with Crippen LogP contribution >= 0.6 is 11.6 Å². The van der Waals surface area contributed by atoms with E-state index in [-0.39, 0.29) is 29.0 Å². The maximum absolute atomic E-state index is 12.4. The van der Waals surface area contributed by atoms with Crippen molar-refractivity contribution in [2.45, 2.75) is 26.8 Å². The van der Waals surface area contributed by atoms with Crippen LogP contribution in [0.5, 0.6) is 0 Å². The molecule has 1 aromatic carbocycles. The fraction of sp³-hybridized carbons (Fsp3) is 0.316. The molecule has 0 aliphatic carbocycles. The fourth-order valence-corrected chi connectivity index (χ4v) is 4.49. The van der Waals surface area contributed by atoms with Crippen molar-refractivity contribution in [2.75, 3.05) is 15.8 Å². The van der Waals surface area contributed by atoms with Crippen molar-refractivity contribution in [2.24, 2.45) is 5.92 Å². The molecule has 0 aliphatic heterocycles. The van der Waals surface area contributed by atoms with Crippen LogP contribution in [0.4, 0.5) is 11.8 Å². The lowest BCUT2D eigenvalue weighted by molar-refractivity contribution is 0.587. The number of aromatic amines is 1. The zero-order chi connectivity index (χ0) is 21.2. The van der Waals surface area contributed by atoms with E-state index in [1.165, 1.54) is 12.3 Å². The third kappa shape index (κ3) is 5.45. The minimum Gasteiger partial charge on any atom is -0.347 e. The molecule has 0 saturated carbocycles. The summed E-state index contributed by atoms with van der Waals surface area (Å²) in [6.45, 7) is 5.43. The Kier molecular flexibility index (Phi) is 6.09. The number of sulfonamides is 1. The molecule has 0 fully saturated rings. The summed E-state index contributed by atoms with van der Waals surface area (Å²) in [7, 11) is -3.50. The zero-order valence-corrected chi connectivity index (χ0v) is 17.8. The van der Waals surface area contributed by atoms with Gasteiger partial charge in [0, 0.05) is 27.7 Å². The van der Waals surface area contributed by atoms with Crippen molar-refractivity contribution in [3.05, 3.63) is 57.5 Å². The van der Waals surface area contributed by atoms with Gasteiger partial charge in [0.25, 0.3) is 5.56 Å². The lowest BCUT2D eigenvalue weighted by Crippen LogP contribution is -2.22. The maximum Gasteiger partial charge on any atom is 0.253 e. The van der Waals surface area contributed by atoms with Gasteiger partial charge < -0.3 is 10.3 Å². The van der Waals surface area contributed by atoms with Crippen molar-refractivity contribution < 1.29 is 8.42 Å². The van der Waals surface area contributed by atoms with Gasteiger partial charge in [0.1, 0.15) is 5.82 Å². The molecule has 154 valence electrons. The lowest BCUT2D eigenvalue weighted by Gasteiger charge is -2.15. The van der Waals surface area contributed by atoms with E-state index in [0.717, 1.165) is 5.39 Å². The Morgan fingerprint density at radius 2 is 1.93 bits per heavy atom. The average molecular weight is 436 g/mol. The Balaban J connectivity index is 1.82. The molecule has 0 amide bonds. The molecule has 0 bridgehead atoms. The second-order valence-electron chi connectivity index (χ2n) is 7.19. The number of nitrogens with zero attached hydrogens (tertiary/aromatic N) is 2. The summed E-state index contributed by atoms with van der Waals surface area (Å²) in [5.41, 5.74) is 0.927. The van der Waals surface area contributed by atoms with Gasteiger partial charge in [-0.2, -0.15) is 4.98 Å². The summed E-state index contributed by atoms with van der Waals surface area (Å²) in [5, 5.41) is 4.41. The Hall–Kier alpha value is -2.65. The number of halogens is 1. The number of hydrogen-bond acceptors (Lipinski definition) is 6. The van der Waals surface area contributed by atoms with E-state index in [1.807, 2.05) is 13.8 Å². The van der Waals surface area contributed by atoms with Gasteiger partial charge in [-0.05, 0) is 43.2 Å². The second kappa shape index (κ2) is 8.38. The van der Waals surface area contributed by atoms with Crippen molar-refractivity contribution >= 4 is 44.3 Å². The average Bonchev–Trinajstić information content (AvgIpc) is 2.60. The molecule has 0 radical (unpaired) electrons. The molecule has 3 N–H and O–H groups in total. The molecule has 10 heteroatoms. The van der Waals surface area contributed by atoms with E-state index in [1.54, 1.807) is 31.2 Å². The largest absolute Gasteiger partial charge is 0.347 e. The van der Waals surface area contributed by atoms with Crippen LogP contribution < -0.4 is 15.6 Å². The number of nitrogens with one attached hydrogen (secondary N) is 3. The third-order valence-electron chi connectivity index (χ3n) is 4.12. The lowest BCUT2D eigenvalue weighted by atomic mass is 10.1. The number of anilines is 2. The number of pyridine rings is 1. The fourth-order valence-electron chi connectivity index (χ4n) is 2.91. The molecule has 2 aromatic heterocycles. The van der Waals surface area contributed by atoms with Gasteiger partial charge in [-0.15, -0.1) is 0 Å². The Morgan fingerprint density at radius 3 is 2.66 bits per heavy atom. The normalized spacial score (nSPS) is 12.9. The van der Waals surface area contributed by atoms with E-state index >= 15 is 0 Å². The van der Waals surface area contributed by atoms with Crippen molar-refractivity contribution in [1.29, 1.82) is 0 Å². The summed E-state index contributed by atoms with van der Waals surface area (Å²) < 4.78 is 26.7. The van der Waals surface area contributed by atoms with Crippen molar-refractivity contribution in [1.82, 2.24) is 15.0 Å². The van der Waals surface area contributed by atoms with Gasteiger partial charge in [0.05, 0.1) is 11.8 Å². The summed E-state index contributed by atoms with van der Waals surface area (Å²) in [6, 6.07) is 8.02. The number of H-pyrrole nitrogens is 1. The van der Waals surface area contributed by atoms with Crippen LogP contribution in [0.1, 0.15) is 32.4 Å². The van der Waals surface area contributed by atoms with E-state index in [9.17, 15) is 13.2 Å². The molecular weight excluding hydrogens is 414 g/mol. The minimum absolute atomic E-state index is 0.00874. The molecule has 3 aromatic rings. The molecule has 1 unspecified atom stereocenters. The van der Waals surface area contributed by atoms with Crippen LogP contribution in [0, 0.1) is 5.92 Å². The standard InChI is InChI=1S/C19H22ClN5O3S/c1-11(2)10-29(27,28)25-17-6-7-21-19(24-17)22-12(3)15-9-13-8-14(20)4-5-16(13)23-18(15)26/h4-9,11-12H,10H2,1-3H3,(H,23,26)(H2,21,22,24,25). The molecule has 0 saturated heterocycles. The molecule has 3 rings (SSSR count). The van der Waals surface area contributed by atoms with Crippen LogP contribution in [-0.4, -0.2) is 29.1 Å². The summed E-state index contributed by atoms with van der Waals surface area (Å²) >= 11 is 6.04. The number of aromatic nitrogens is 3. The molecular formula is C19H22ClN5O3S. The topological polar surface area (TPSA) is 117 Å². The van der Waals surface area contributed by atoms with Crippen LogP contribution in [0.3, 0.4) is 0 Å². The molecule has 1 atom stereocenters. The quantitative estimate of drug-likeness (QED) is 0.522. The molecule has 29 heavy (non-hydrogen) atoms.